The number of hydrogen-bond acceptors (Lipinski definition) is 4. The Kier molecular flexibility index (Phi) is 4.78. The summed E-state index contributed by atoms with van der Waals surface area (Å²) >= 11 is 0. The van der Waals surface area contributed by atoms with Gasteiger partial charge in [0.05, 0.1) is 18.3 Å². The number of esters is 1. The molecule has 0 aromatic heterocycles. The van der Waals surface area contributed by atoms with Gasteiger partial charge < -0.3 is 4.74 Å². The third kappa shape index (κ3) is 3.95. The maximum Gasteiger partial charge on any atom is 0.310 e. The molecule has 18 heavy (non-hydrogen) atoms. The zero-order valence-corrected chi connectivity index (χ0v) is 12.3. The Morgan fingerprint density at radius 2 is 1.94 bits per heavy atom. The van der Waals surface area contributed by atoms with Crippen LogP contribution in [0.3, 0.4) is 0 Å². The van der Waals surface area contributed by atoms with E-state index >= 15 is 0 Å². The van der Waals surface area contributed by atoms with Crippen LogP contribution in [0, 0.1) is 11.3 Å². The highest BCUT2D eigenvalue weighted by atomic mass is 32.2. The number of hydrogen-bond donors (Lipinski definition) is 1. The minimum atomic E-state index is -3.45. The number of carbonyl (C=O) groups is 1. The summed E-state index contributed by atoms with van der Waals surface area (Å²) in [7, 11) is -2.15. The zero-order chi connectivity index (χ0) is 14.0. The lowest BCUT2D eigenvalue weighted by atomic mass is 9.98. The van der Waals surface area contributed by atoms with Crippen molar-refractivity contribution in [1.82, 2.24) is 4.72 Å². The normalized spacial score (nSPS) is 25.1. The largest absolute Gasteiger partial charge is 0.469 e. The lowest BCUT2D eigenvalue weighted by Gasteiger charge is -2.23. The summed E-state index contributed by atoms with van der Waals surface area (Å²) in [6.45, 7) is 6.26. The van der Waals surface area contributed by atoms with E-state index in [2.05, 4.69) is 9.46 Å². The van der Waals surface area contributed by atoms with Gasteiger partial charge in [0.1, 0.15) is 0 Å². The molecule has 6 heteroatoms. The van der Waals surface area contributed by atoms with Crippen LogP contribution in [0.15, 0.2) is 0 Å². The highest BCUT2D eigenvalue weighted by Gasteiger charge is 2.42. The fraction of sp³-hybridized carbons (Fsp3) is 0.917. The third-order valence-electron chi connectivity index (χ3n) is 3.16. The van der Waals surface area contributed by atoms with Crippen LogP contribution in [0.4, 0.5) is 0 Å². The van der Waals surface area contributed by atoms with E-state index in [1.165, 1.54) is 7.11 Å². The van der Waals surface area contributed by atoms with Crippen molar-refractivity contribution >= 4 is 16.0 Å². The van der Waals surface area contributed by atoms with Crippen LogP contribution < -0.4 is 4.72 Å². The van der Waals surface area contributed by atoms with Crippen molar-refractivity contribution in [2.75, 3.05) is 13.7 Å². The molecule has 1 fully saturated rings. The molecule has 1 rings (SSSR count). The summed E-state index contributed by atoms with van der Waals surface area (Å²) in [5.74, 6) is -0.939. The van der Waals surface area contributed by atoms with E-state index < -0.39 is 27.2 Å². The van der Waals surface area contributed by atoms with Crippen LogP contribution in [0.1, 0.15) is 40.0 Å². The Balaban J connectivity index is 2.75. The third-order valence-corrected chi connectivity index (χ3v) is 5.07. The van der Waals surface area contributed by atoms with Gasteiger partial charge in [-0.05, 0) is 18.3 Å². The number of sulfonamides is 1. The molecule has 0 aromatic rings. The van der Waals surface area contributed by atoms with E-state index in [0.717, 1.165) is 6.42 Å². The van der Waals surface area contributed by atoms with Crippen molar-refractivity contribution in [3.63, 3.8) is 0 Å². The fourth-order valence-electron chi connectivity index (χ4n) is 2.14. The molecular formula is C12H23NO4S. The Morgan fingerprint density at radius 1 is 1.33 bits per heavy atom. The molecule has 0 spiro atoms. The predicted molar refractivity (Wildman–Crippen MR) is 69.5 cm³/mol. The lowest BCUT2D eigenvalue weighted by Crippen LogP contribution is -2.42. The van der Waals surface area contributed by atoms with Gasteiger partial charge in [0, 0.05) is 6.54 Å². The summed E-state index contributed by atoms with van der Waals surface area (Å²) in [6.07, 6.45) is 1.87. The predicted octanol–water partition coefficient (Wildman–Crippen LogP) is 1.29. The van der Waals surface area contributed by atoms with Crippen LogP contribution in [0.5, 0.6) is 0 Å². The summed E-state index contributed by atoms with van der Waals surface area (Å²) in [5.41, 5.74) is -0.119. The molecule has 1 aliphatic carbocycles. The van der Waals surface area contributed by atoms with E-state index in [1.54, 1.807) is 0 Å². The van der Waals surface area contributed by atoms with Gasteiger partial charge in [0.15, 0.2) is 0 Å². The second-order valence-electron chi connectivity index (χ2n) is 6.03. The first-order valence-electron chi connectivity index (χ1n) is 6.24. The van der Waals surface area contributed by atoms with E-state index in [9.17, 15) is 13.2 Å². The maximum atomic E-state index is 12.2. The Bertz CT molecular complexity index is 397. The van der Waals surface area contributed by atoms with Crippen molar-refractivity contribution < 1.29 is 17.9 Å². The molecular weight excluding hydrogens is 254 g/mol. The molecule has 0 saturated heterocycles. The molecule has 5 nitrogen and oxygen atoms in total. The SMILES string of the molecule is COC(=O)C1CCCC1S(=O)(=O)NCC(C)(C)C. The molecule has 2 atom stereocenters. The standard InChI is InChI=1S/C12H23NO4S/c1-12(2,3)8-13-18(15,16)10-7-5-6-9(10)11(14)17-4/h9-10,13H,5-8H2,1-4H3. The highest BCUT2D eigenvalue weighted by Crippen LogP contribution is 2.31. The van der Waals surface area contributed by atoms with Crippen LogP contribution >= 0.6 is 0 Å². The molecule has 0 bridgehead atoms. The van der Waals surface area contributed by atoms with Crippen LogP contribution in [0.2, 0.25) is 0 Å². The molecule has 0 aromatic carbocycles. The van der Waals surface area contributed by atoms with Crippen LogP contribution in [-0.4, -0.2) is 33.3 Å². The van der Waals surface area contributed by atoms with Crippen molar-refractivity contribution in [2.45, 2.75) is 45.3 Å². The highest BCUT2D eigenvalue weighted by molar-refractivity contribution is 7.90. The van der Waals surface area contributed by atoms with Gasteiger partial charge in [-0.3, -0.25) is 4.79 Å². The first-order valence-corrected chi connectivity index (χ1v) is 7.78. The molecule has 0 radical (unpaired) electrons. The van der Waals surface area contributed by atoms with Gasteiger partial charge in [-0.1, -0.05) is 27.2 Å². The number of carbonyl (C=O) groups excluding carboxylic acids is 1. The second-order valence-corrected chi connectivity index (χ2v) is 8.01. The summed E-state index contributed by atoms with van der Waals surface area (Å²) in [6, 6.07) is 0. The number of rotatable bonds is 4. The van der Waals surface area contributed by atoms with Gasteiger partial charge in [-0.25, -0.2) is 13.1 Å². The average molecular weight is 277 g/mol. The molecule has 0 heterocycles. The summed E-state index contributed by atoms with van der Waals surface area (Å²) in [5, 5.41) is -0.646. The Hall–Kier alpha value is -0.620. The Morgan fingerprint density at radius 3 is 2.44 bits per heavy atom. The van der Waals surface area contributed by atoms with E-state index in [4.69, 9.17) is 0 Å². The first-order chi connectivity index (χ1) is 8.17. The number of ether oxygens (including phenoxy) is 1. The minimum Gasteiger partial charge on any atom is -0.469 e. The van der Waals surface area contributed by atoms with Gasteiger partial charge in [0.2, 0.25) is 10.0 Å². The second kappa shape index (κ2) is 5.57. The monoisotopic (exact) mass is 277 g/mol. The molecule has 1 N–H and O–H groups in total. The Labute approximate surface area is 109 Å². The van der Waals surface area contributed by atoms with Crippen LogP contribution in [-0.2, 0) is 19.6 Å². The van der Waals surface area contributed by atoms with Crippen molar-refractivity contribution in [3.05, 3.63) is 0 Å². The minimum absolute atomic E-state index is 0.119. The topological polar surface area (TPSA) is 72.5 Å². The quantitative estimate of drug-likeness (QED) is 0.786. The molecule has 1 saturated carbocycles. The van der Waals surface area contributed by atoms with Gasteiger partial charge in [-0.15, -0.1) is 0 Å². The number of nitrogens with one attached hydrogen (secondary N) is 1. The molecule has 0 aliphatic heterocycles. The summed E-state index contributed by atoms with van der Waals surface area (Å²) < 4.78 is 31.7. The lowest BCUT2D eigenvalue weighted by molar-refractivity contribution is -0.145. The molecule has 1 aliphatic rings. The van der Waals surface area contributed by atoms with Gasteiger partial charge >= 0.3 is 5.97 Å². The van der Waals surface area contributed by atoms with Crippen molar-refractivity contribution in [3.8, 4) is 0 Å². The molecule has 106 valence electrons. The molecule has 2 unspecified atom stereocenters. The number of methoxy groups -OCH3 is 1. The van der Waals surface area contributed by atoms with Gasteiger partial charge in [0.25, 0.3) is 0 Å². The fourth-order valence-corrected chi connectivity index (χ4v) is 4.15. The van der Waals surface area contributed by atoms with E-state index in [0.29, 0.717) is 19.4 Å². The zero-order valence-electron chi connectivity index (χ0n) is 11.5. The molecule has 0 amide bonds. The first kappa shape index (κ1) is 15.4. The maximum absolute atomic E-state index is 12.2. The van der Waals surface area contributed by atoms with Crippen LogP contribution in [0.25, 0.3) is 0 Å². The van der Waals surface area contributed by atoms with Gasteiger partial charge in [-0.2, -0.15) is 0 Å². The van der Waals surface area contributed by atoms with E-state index in [1.807, 2.05) is 20.8 Å². The van der Waals surface area contributed by atoms with E-state index in [-0.39, 0.29) is 5.41 Å². The average Bonchev–Trinajstić information content (AvgIpc) is 2.74. The van der Waals surface area contributed by atoms with Crippen molar-refractivity contribution in [1.29, 1.82) is 0 Å². The smallest absolute Gasteiger partial charge is 0.310 e. The van der Waals surface area contributed by atoms with Crippen molar-refractivity contribution in [2.24, 2.45) is 11.3 Å². The summed E-state index contributed by atoms with van der Waals surface area (Å²) in [4.78, 5) is 11.6.